The highest BCUT2D eigenvalue weighted by Gasteiger charge is 2.19. The largest absolute Gasteiger partial charge is 0.504 e. The Bertz CT molecular complexity index is 920. The molecule has 25 heavy (non-hydrogen) atoms. The van der Waals surface area contributed by atoms with Crippen molar-refractivity contribution in [2.75, 3.05) is 14.2 Å². The van der Waals surface area contributed by atoms with Crippen LogP contribution < -0.4 is 9.47 Å². The van der Waals surface area contributed by atoms with Gasteiger partial charge in [0.25, 0.3) is 0 Å². The first-order valence-electron chi connectivity index (χ1n) is 7.01. The number of hydrogen-bond acceptors (Lipinski definition) is 6. The van der Waals surface area contributed by atoms with Crippen LogP contribution in [0.25, 0.3) is 16.9 Å². The molecule has 0 amide bonds. The van der Waals surface area contributed by atoms with E-state index >= 15 is 0 Å². The van der Waals surface area contributed by atoms with Crippen LogP contribution in [0.2, 0.25) is 0 Å². The third-order valence-corrected chi connectivity index (χ3v) is 5.19. The molecule has 0 radical (unpaired) electrons. The summed E-state index contributed by atoms with van der Waals surface area (Å²) >= 11 is 4.37. The first-order chi connectivity index (χ1) is 12.0. The highest BCUT2D eigenvalue weighted by molar-refractivity contribution is 14.1. The Morgan fingerprint density at radius 1 is 1.00 bits per heavy atom. The molecule has 130 valence electrons. The lowest BCUT2D eigenvalue weighted by Crippen LogP contribution is -2.02. The normalized spacial score (nSPS) is 10.7. The quantitative estimate of drug-likeness (QED) is 0.372. The van der Waals surface area contributed by atoms with Gasteiger partial charge in [0.05, 0.1) is 38.9 Å². The van der Waals surface area contributed by atoms with Crippen LogP contribution in [-0.4, -0.2) is 39.4 Å². The standard InChI is InChI=1S/C16H13I2N3O4/c1-24-13-4-3-9(14(22)15(13)23)12-7-19-20-21(12)8-5-10(17)16(25-2)11(18)6-8/h3-7,22-23H,1-2H3. The lowest BCUT2D eigenvalue weighted by molar-refractivity contribution is 0.351. The second kappa shape index (κ2) is 7.23. The van der Waals surface area contributed by atoms with Crippen LogP contribution in [0, 0.1) is 7.14 Å². The molecule has 7 nitrogen and oxygen atoms in total. The maximum Gasteiger partial charge on any atom is 0.201 e. The van der Waals surface area contributed by atoms with Crippen molar-refractivity contribution >= 4 is 45.2 Å². The highest BCUT2D eigenvalue weighted by atomic mass is 127. The summed E-state index contributed by atoms with van der Waals surface area (Å²) in [7, 11) is 3.04. The van der Waals surface area contributed by atoms with E-state index in [4.69, 9.17) is 9.47 Å². The van der Waals surface area contributed by atoms with Gasteiger partial charge in [-0.15, -0.1) is 5.10 Å². The van der Waals surface area contributed by atoms with Crippen LogP contribution in [0.4, 0.5) is 0 Å². The van der Waals surface area contributed by atoms with Crippen LogP contribution >= 0.6 is 45.2 Å². The number of methoxy groups -OCH3 is 2. The van der Waals surface area contributed by atoms with Gasteiger partial charge in [-0.1, -0.05) is 5.21 Å². The van der Waals surface area contributed by atoms with Gasteiger partial charge in [0, 0.05) is 5.56 Å². The van der Waals surface area contributed by atoms with E-state index in [1.165, 1.54) is 13.3 Å². The third kappa shape index (κ3) is 3.21. The molecule has 0 aliphatic carbocycles. The lowest BCUT2D eigenvalue weighted by atomic mass is 10.1. The predicted molar refractivity (Wildman–Crippen MR) is 109 cm³/mol. The molecular formula is C16H13I2N3O4. The van der Waals surface area contributed by atoms with Crippen LogP contribution in [0.5, 0.6) is 23.0 Å². The van der Waals surface area contributed by atoms with Crippen molar-refractivity contribution < 1.29 is 19.7 Å². The molecule has 0 fully saturated rings. The summed E-state index contributed by atoms with van der Waals surface area (Å²) in [6.07, 6.45) is 1.52. The average Bonchev–Trinajstić information content (AvgIpc) is 3.06. The van der Waals surface area contributed by atoms with Crippen LogP contribution in [0.15, 0.2) is 30.5 Å². The number of phenolic OH excluding ortho intramolecular Hbond substituents is 2. The smallest absolute Gasteiger partial charge is 0.201 e. The van der Waals surface area contributed by atoms with Crippen molar-refractivity contribution in [3.05, 3.63) is 37.6 Å². The van der Waals surface area contributed by atoms with Crippen molar-refractivity contribution in [1.29, 1.82) is 0 Å². The molecule has 1 heterocycles. The van der Waals surface area contributed by atoms with E-state index in [9.17, 15) is 10.2 Å². The van der Waals surface area contributed by atoms with Gasteiger partial charge in [0.1, 0.15) is 5.75 Å². The fraction of sp³-hybridized carbons (Fsp3) is 0.125. The molecule has 0 aliphatic rings. The number of rotatable bonds is 4. The number of benzene rings is 2. The summed E-state index contributed by atoms with van der Waals surface area (Å²) in [4.78, 5) is 0. The summed E-state index contributed by atoms with van der Waals surface area (Å²) in [6, 6.07) is 7.02. The molecule has 0 saturated heterocycles. The van der Waals surface area contributed by atoms with Gasteiger partial charge < -0.3 is 19.7 Å². The minimum absolute atomic E-state index is 0.189. The lowest BCUT2D eigenvalue weighted by Gasteiger charge is -2.13. The molecule has 2 N–H and O–H groups in total. The average molecular weight is 565 g/mol. The molecule has 0 saturated carbocycles. The second-order valence-corrected chi connectivity index (χ2v) is 7.31. The SMILES string of the molecule is COc1ccc(-c2cnnn2-c2cc(I)c(OC)c(I)c2)c(O)c1O. The first kappa shape index (κ1) is 18.0. The van der Waals surface area contributed by atoms with Crippen molar-refractivity contribution in [1.82, 2.24) is 15.0 Å². The Morgan fingerprint density at radius 3 is 2.28 bits per heavy atom. The van der Waals surface area contributed by atoms with Gasteiger partial charge in [0.15, 0.2) is 11.5 Å². The number of hydrogen-bond donors (Lipinski definition) is 2. The summed E-state index contributed by atoms with van der Waals surface area (Å²) in [5.41, 5.74) is 1.69. The zero-order valence-electron chi connectivity index (χ0n) is 13.2. The van der Waals surface area contributed by atoms with Crippen LogP contribution in [-0.2, 0) is 0 Å². The van der Waals surface area contributed by atoms with E-state index in [-0.39, 0.29) is 17.2 Å². The molecule has 2 aromatic carbocycles. The predicted octanol–water partition coefficient (Wildman–Crippen LogP) is 3.57. The number of aromatic hydroxyl groups is 2. The number of ether oxygens (including phenoxy) is 2. The monoisotopic (exact) mass is 565 g/mol. The zero-order chi connectivity index (χ0) is 18.1. The second-order valence-electron chi connectivity index (χ2n) is 4.99. The van der Waals surface area contributed by atoms with Crippen LogP contribution in [0.3, 0.4) is 0 Å². The molecule has 3 rings (SSSR count). The van der Waals surface area contributed by atoms with Gasteiger partial charge >= 0.3 is 0 Å². The summed E-state index contributed by atoms with van der Waals surface area (Å²) in [6.45, 7) is 0. The number of phenols is 2. The summed E-state index contributed by atoms with van der Waals surface area (Å²) in [5, 5.41) is 28.4. The van der Waals surface area contributed by atoms with Crippen molar-refractivity contribution in [2.24, 2.45) is 0 Å². The van der Waals surface area contributed by atoms with Gasteiger partial charge in [-0.2, -0.15) is 0 Å². The number of aromatic nitrogens is 3. The Labute approximate surface area is 170 Å². The van der Waals surface area contributed by atoms with Gasteiger partial charge in [-0.05, 0) is 69.4 Å². The Morgan fingerprint density at radius 2 is 1.68 bits per heavy atom. The molecule has 0 unspecified atom stereocenters. The zero-order valence-corrected chi connectivity index (χ0v) is 17.5. The molecule has 0 atom stereocenters. The van der Waals surface area contributed by atoms with E-state index in [0.29, 0.717) is 11.3 Å². The maximum atomic E-state index is 10.3. The molecule has 9 heteroatoms. The van der Waals surface area contributed by atoms with E-state index < -0.39 is 0 Å². The fourth-order valence-electron chi connectivity index (χ4n) is 2.41. The van der Waals surface area contributed by atoms with Crippen molar-refractivity contribution in [3.63, 3.8) is 0 Å². The maximum absolute atomic E-state index is 10.3. The van der Waals surface area contributed by atoms with Crippen molar-refractivity contribution in [3.8, 4) is 39.9 Å². The van der Waals surface area contributed by atoms with Gasteiger partial charge in [-0.3, -0.25) is 0 Å². The molecule has 0 aliphatic heterocycles. The van der Waals surface area contributed by atoms with Gasteiger partial charge in [0.2, 0.25) is 5.75 Å². The van der Waals surface area contributed by atoms with E-state index in [2.05, 4.69) is 55.5 Å². The topological polar surface area (TPSA) is 89.6 Å². The number of nitrogens with zero attached hydrogens (tertiary/aromatic N) is 3. The van der Waals surface area contributed by atoms with Crippen LogP contribution in [0.1, 0.15) is 0 Å². The third-order valence-electron chi connectivity index (χ3n) is 3.59. The molecule has 0 spiro atoms. The van der Waals surface area contributed by atoms with E-state index in [0.717, 1.165) is 18.6 Å². The Hall–Kier alpha value is -1.76. The molecule has 3 aromatic rings. The Kier molecular flexibility index (Phi) is 5.22. The first-order valence-corrected chi connectivity index (χ1v) is 9.17. The highest BCUT2D eigenvalue weighted by Crippen LogP contribution is 2.43. The number of halogens is 2. The summed E-state index contributed by atoms with van der Waals surface area (Å²) in [5.74, 6) is 0.359. The fourth-order valence-corrected chi connectivity index (χ4v) is 4.58. The minimum atomic E-state index is -0.327. The van der Waals surface area contributed by atoms with E-state index in [1.54, 1.807) is 23.9 Å². The summed E-state index contributed by atoms with van der Waals surface area (Å²) < 4.78 is 13.8. The molecule has 0 bridgehead atoms. The minimum Gasteiger partial charge on any atom is -0.504 e. The molecular weight excluding hydrogens is 552 g/mol. The van der Waals surface area contributed by atoms with Crippen molar-refractivity contribution in [2.45, 2.75) is 0 Å². The van der Waals surface area contributed by atoms with Gasteiger partial charge in [-0.25, -0.2) is 4.68 Å². The van der Waals surface area contributed by atoms with E-state index in [1.807, 2.05) is 12.1 Å². The molecule has 1 aromatic heterocycles. The Balaban J connectivity index is 2.16.